The largest absolute Gasteiger partial charge is 0.426 e. The molecule has 2 bridgehead atoms. The van der Waals surface area contributed by atoms with Crippen molar-refractivity contribution in [2.75, 3.05) is 13.2 Å². The van der Waals surface area contributed by atoms with E-state index in [9.17, 15) is 4.79 Å². The van der Waals surface area contributed by atoms with Crippen LogP contribution in [-0.4, -0.2) is 25.2 Å². The maximum atomic E-state index is 15.2. The molecule has 0 aromatic heterocycles. The second-order valence-corrected chi connectivity index (χ2v) is 10.3. The number of hydrogen-bond donors (Lipinski definition) is 1. The van der Waals surface area contributed by atoms with Crippen LogP contribution in [0.1, 0.15) is 89.2 Å². The molecule has 172 valence electrons. The lowest BCUT2D eigenvalue weighted by Gasteiger charge is -2.48. The molecule has 0 saturated heterocycles. The van der Waals surface area contributed by atoms with Crippen LogP contribution in [-0.2, 0) is 21.4 Å². The first kappa shape index (κ1) is 22.7. The molecule has 0 aliphatic heterocycles. The van der Waals surface area contributed by atoms with Crippen molar-refractivity contribution in [3.63, 3.8) is 0 Å². The third-order valence-corrected chi connectivity index (χ3v) is 8.20. The second kappa shape index (κ2) is 9.19. The highest BCUT2D eigenvalue weighted by molar-refractivity contribution is 5.72. The molecule has 5 heteroatoms. The summed E-state index contributed by atoms with van der Waals surface area (Å²) in [6.45, 7) is 5.37. The van der Waals surface area contributed by atoms with Crippen LogP contribution in [0.3, 0.4) is 0 Å². The van der Waals surface area contributed by atoms with Crippen molar-refractivity contribution in [2.45, 2.75) is 95.9 Å². The number of hydrogen-bond acceptors (Lipinski definition) is 4. The SMILES string of the molecule is CCCCCCOCCC(=O)Oc1cc(F)c2c(c1)[C@@]1(C)CCCCC3CC3(C2)[C@@H]1N. The third kappa shape index (κ3) is 4.41. The van der Waals surface area contributed by atoms with Crippen LogP contribution in [0.4, 0.5) is 4.39 Å². The van der Waals surface area contributed by atoms with Crippen molar-refractivity contribution in [3.05, 3.63) is 29.1 Å². The lowest BCUT2D eigenvalue weighted by molar-refractivity contribution is -0.135. The molecule has 1 aromatic rings. The Morgan fingerprint density at radius 2 is 2.06 bits per heavy atom. The fourth-order valence-corrected chi connectivity index (χ4v) is 6.23. The summed E-state index contributed by atoms with van der Waals surface area (Å²) in [5.74, 6) is 0.294. The minimum Gasteiger partial charge on any atom is -0.426 e. The Balaban J connectivity index is 1.42. The van der Waals surface area contributed by atoms with Crippen LogP contribution < -0.4 is 10.5 Å². The maximum absolute atomic E-state index is 15.2. The smallest absolute Gasteiger partial charge is 0.313 e. The van der Waals surface area contributed by atoms with Crippen LogP contribution in [0, 0.1) is 17.2 Å². The monoisotopic (exact) mass is 431 g/mol. The highest BCUT2D eigenvalue weighted by Crippen LogP contribution is 2.66. The molecule has 2 fully saturated rings. The lowest BCUT2D eigenvalue weighted by atomic mass is 9.58. The van der Waals surface area contributed by atoms with E-state index in [1.807, 2.05) is 6.07 Å². The van der Waals surface area contributed by atoms with Gasteiger partial charge in [-0.3, -0.25) is 4.79 Å². The van der Waals surface area contributed by atoms with Crippen LogP contribution >= 0.6 is 0 Å². The van der Waals surface area contributed by atoms with E-state index >= 15 is 4.39 Å². The van der Waals surface area contributed by atoms with Crippen molar-refractivity contribution < 1.29 is 18.7 Å². The predicted octanol–water partition coefficient (Wildman–Crippen LogP) is 5.44. The fourth-order valence-electron chi connectivity index (χ4n) is 6.23. The Labute approximate surface area is 186 Å². The normalized spacial score (nSPS) is 31.2. The topological polar surface area (TPSA) is 61.5 Å². The average Bonchev–Trinajstić information content (AvgIpc) is 3.43. The van der Waals surface area contributed by atoms with Crippen LogP contribution in [0.2, 0.25) is 0 Å². The zero-order valence-corrected chi connectivity index (χ0v) is 19.2. The summed E-state index contributed by atoms with van der Waals surface area (Å²) in [6.07, 6.45) is 11.1. The predicted molar refractivity (Wildman–Crippen MR) is 120 cm³/mol. The molecule has 2 unspecified atom stereocenters. The quantitative estimate of drug-likeness (QED) is 0.321. The van der Waals surface area contributed by atoms with Crippen molar-refractivity contribution in [1.82, 2.24) is 0 Å². The number of esters is 1. The summed E-state index contributed by atoms with van der Waals surface area (Å²) in [6, 6.07) is 3.30. The van der Waals surface area contributed by atoms with Crippen molar-refractivity contribution in [3.8, 4) is 5.75 Å². The van der Waals surface area contributed by atoms with Crippen molar-refractivity contribution in [1.29, 1.82) is 0 Å². The van der Waals surface area contributed by atoms with Gasteiger partial charge in [-0.05, 0) is 60.6 Å². The molecule has 1 aromatic carbocycles. The summed E-state index contributed by atoms with van der Waals surface area (Å²) in [7, 11) is 0. The number of rotatable bonds is 9. The van der Waals surface area contributed by atoms with E-state index in [1.165, 1.54) is 31.7 Å². The van der Waals surface area contributed by atoms with Gasteiger partial charge in [0, 0.05) is 24.1 Å². The summed E-state index contributed by atoms with van der Waals surface area (Å²) >= 11 is 0. The molecule has 3 aliphatic carbocycles. The van der Waals surface area contributed by atoms with Gasteiger partial charge in [0.05, 0.1) is 13.0 Å². The van der Waals surface area contributed by atoms with Gasteiger partial charge in [-0.25, -0.2) is 4.39 Å². The minimum atomic E-state index is -0.380. The first-order valence-electron chi connectivity index (χ1n) is 12.3. The van der Waals surface area contributed by atoms with Gasteiger partial charge in [-0.1, -0.05) is 46.0 Å². The Morgan fingerprint density at radius 3 is 2.87 bits per heavy atom. The molecule has 4 rings (SSSR count). The summed E-state index contributed by atoms with van der Waals surface area (Å²) < 4.78 is 26.3. The van der Waals surface area contributed by atoms with Gasteiger partial charge < -0.3 is 15.2 Å². The number of carbonyl (C=O) groups excluding carboxylic acids is 1. The van der Waals surface area contributed by atoms with E-state index in [1.54, 1.807) is 0 Å². The molecule has 0 heterocycles. The number of ether oxygens (including phenoxy) is 2. The van der Waals surface area contributed by atoms with Crippen LogP contribution in [0.5, 0.6) is 5.75 Å². The molecule has 0 radical (unpaired) electrons. The fraction of sp³-hybridized carbons (Fsp3) is 0.731. The zero-order chi connectivity index (χ0) is 22.1. The summed E-state index contributed by atoms with van der Waals surface area (Å²) in [5.41, 5.74) is 8.40. The van der Waals surface area contributed by atoms with Gasteiger partial charge in [-0.15, -0.1) is 0 Å². The summed E-state index contributed by atoms with van der Waals surface area (Å²) in [5, 5.41) is 0. The second-order valence-electron chi connectivity index (χ2n) is 10.3. The molecule has 0 amide bonds. The van der Waals surface area contributed by atoms with Crippen LogP contribution in [0.25, 0.3) is 0 Å². The highest BCUT2D eigenvalue weighted by Gasteiger charge is 2.64. The minimum absolute atomic E-state index is 0.0317. The number of carbonyl (C=O) groups is 1. The van der Waals surface area contributed by atoms with Gasteiger partial charge in [0.1, 0.15) is 11.6 Å². The van der Waals surface area contributed by atoms with Gasteiger partial charge in [0.25, 0.3) is 0 Å². The molecule has 3 aliphatic rings. The van der Waals surface area contributed by atoms with E-state index in [4.69, 9.17) is 15.2 Å². The van der Waals surface area contributed by atoms with Crippen molar-refractivity contribution in [2.24, 2.45) is 17.1 Å². The summed E-state index contributed by atoms with van der Waals surface area (Å²) in [4.78, 5) is 12.3. The molecule has 2 saturated carbocycles. The molecule has 1 spiro atoms. The maximum Gasteiger partial charge on any atom is 0.313 e. The Kier molecular flexibility index (Phi) is 6.73. The van der Waals surface area contributed by atoms with E-state index in [2.05, 4.69) is 13.8 Å². The molecule has 2 N–H and O–H groups in total. The number of halogens is 1. The zero-order valence-electron chi connectivity index (χ0n) is 19.2. The van der Waals surface area contributed by atoms with E-state index in [0.717, 1.165) is 49.7 Å². The highest BCUT2D eigenvalue weighted by atomic mass is 19.1. The van der Waals surface area contributed by atoms with Gasteiger partial charge >= 0.3 is 5.97 Å². The molecule has 4 nitrogen and oxygen atoms in total. The molecule has 31 heavy (non-hydrogen) atoms. The van der Waals surface area contributed by atoms with Gasteiger partial charge in [0.2, 0.25) is 0 Å². The number of fused-ring (bicyclic) bond motifs is 3. The number of benzene rings is 1. The third-order valence-electron chi connectivity index (χ3n) is 8.20. The first-order chi connectivity index (χ1) is 14.9. The van der Waals surface area contributed by atoms with Gasteiger partial charge in [0.15, 0.2) is 0 Å². The van der Waals surface area contributed by atoms with Crippen molar-refractivity contribution >= 4 is 5.97 Å². The Bertz CT molecular complexity index is 812. The van der Waals surface area contributed by atoms with E-state index < -0.39 is 0 Å². The lowest BCUT2D eigenvalue weighted by Crippen LogP contribution is -2.55. The standard InChI is InChI=1S/C26H38FNO3/c1-3-4-5-8-12-30-13-10-23(29)31-19-14-21-20(22(27)15-19)17-26-16-18(26)9-6-7-11-25(21,2)24(26)28/h14-15,18,24H,3-13,16-17,28H2,1-2H3/t18?,24-,25-,26?/m1/s1. The number of unbranched alkanes of at least 4 members (excludes halogenated alkanes) is 3. The molecular formula is C26H38FNO3. The Morgan fingerprint density at radius 1 is 1.23 bits per heavy atom. The first-order valence-corrected chi connectivity index (χ1v) is 12.3. The van der Waals surface area contributed by atoms with E-state index in [0.29, 0.717) is 24.9 Å². The number of nitrogens with two attached hydrogens (primary N) is 1. The average molecular weight is 432 g/mol. The molecule has 4 atom stereocenters. The van der Waals surface area contributed by atoms with Gasteiger partial charge in [-0.2, -0.15) is 0 Å². The molecular weight excluding hydrogens is 393 g/mol. The van der Waals surface area contributed by atoms with E-state index in [-0.39, 0.29) is 35.1 Å². The van der Waals surface area contributed by atoms with Crippen LogP contribution in [0.15, 0.2) is 12.1 Å². The Hall–Kier alpha value is -1.46.